The molecule has 1 aliphatic rings. The summed E-state index contributed by atoms with van der Waals surface area (Å²) in [6, 6.07) is 7.18. The van der Waals surface area contributed by atoms with Crippen LogP contribution in [-0.4, -0.2) is 45.7 Å². The first-order chi connectivity index (χ1) is 10.6. The van der Waals surface area contributed by atoms with Gasteiger partial charge in [0.2, 0.25) is 0 Å². The highest BCUT2D eigenvalue weighted by molar-refractivity contribution is 5.97. The molecule has 7 heteroatoms. The molecule has 0 unspecified atom stereocenters. The Morgan fingerprint density at radius 2 is 1.86 bits per heavy atom. The Bertz CT molecular complexity index is 726. The number of para-hydroxylation sites is 2. The van der Waals surface area contributed by atoms with Gasteiger partial charge in [0.25, 0.3) is 5.91 Å². The van der Waals surface area contributed by atoms with Crippen LogP contribution in [-0.2, 0) is 9.53 Å². The van der Waals surface area contributed by atoms with Crippen LogP contribution in [0, 0.1) is 0 Å². The number of nitrogens with one attached hydrogen (secondary N) is 1. The van der Waals surface area contributed by atoms with Crippen molar-refractivity contribution in [3.63, 3.8) is 0 Å². The van der Waals surface area contributed by atoms with Crippen molar-refractivity contribution in [1.82, 2.24) is 15.3 Å². The monoisotopic (exact) mass is 301 g/mol. The number of carbonyl (C=O) groups is 2. The lowest BCUT2D eigenvalue weighted by molar-refractivity contribution is -0.148. The Morgan fingerprint density at radius 3 is 2.55 bits per heavy atom. The molecule has 0 spiro atoms. The summed E-state index contributed by atoms with van der Waals surface area (Å²) in [5.74, 6) is -1.60. The Balaban J connectivity index is 1.86. The molecule has 1 aromatic carbocycles. The normalized spacial score (nSPS) is 17.1. The molecular weight excluding hydrogens is 286 g/mol. The summed E-state index contributed by atoms with van der Waals surface area (Å²) in [5.41, 5.74) is 0.0678. The molecule has 1 aliphatic heterocycles. The van der Waals surface area contributed by atoms with Crippen LogP contribution in [0.3, 0.4) is 0 Å². The van der Waals surface area contributed by atoms with E-state index in [4.69, 9.17) is 4.74 Å². The average Bonchev–Trinajstić information content (AvgIpc) is 2.55. The molecule has 0 atom stereocenters. The van der Waals surface area contributed by atoms with E-state index in [2.05, 4.69) is 15.3 Å². The number of carboxylic acid groups (broad SMARTS) is 1. The van der Waals surface area contributed by atoms with Crippen molar-refractivity contribution in [2.24, 2.45) is 0 Å². The standard InChI is InChI=1S/C15H15N3O4/c19-13(18-15(14(20)21)5-7-22-8-6-15)12-9-16-10-3-1-2-4-11(10)17-12/h1-4,9H,5-8H2,(H,18,19)(H,20,21). The molecule has 2 N–H and O–H groups in total. The van der Waals surface area contributed by atoms with Crippen molar-refractivity contribution in [3.05, 3.63) is 36.2 Å². The number of nitrogens with zero attached hydrogens (tertiary/aromatic N) is 2. The Hall–Kier alpha value is -2.54. The molecular formula is C15H15N3O4. The number of ether oxygens (including phenoxy) is 1. The summed E-state index contributed by atoms with van der Waals surface area (Å²) < 4.78 is 5.18. The van der Waals surface area contributed by atoms with Gasteiger partial charge in [0.1, 0.15) is 11.2 Å². The van der Waals surface area contributed by atoms with E-state index in [0.717, 1.165) is 0 Å². The number of aromatic nitrogens is 2. The van der Waals surface area contributed by atoms with E-state index in [1.807, 2.05) is 6.07 Å². The second-order valence-corrected chi connectivity index (χ2v) is 5.20. The molecule has 0 bridgehead atoms. The van der Waals surface area contributed by atoms with Gasteiger partial charge in [-0.1, -0.05) is 12.1 Å². The lowest BCUT2D eigenvalue weighted by atomic mass is 9.90. The van der Waals surface area contributed by atoms with Crippen LogP contribution in [0.15, 0.2) is 30.5 Å². The number of amides is 1. The molecule has 1 saturated heterocycles. The van der Waals surface area contributed by atoms with Gasteiger partial charge in [-0.3, -0.25) is 9.78 Å². The molecule has 7 nitrogen and oxygen atoms in total. The van der Waals surface area contributed by atoms with Crippen LogP contribution < -0.4 is 5.32 Å². The van der Waals surface area contributed by atoms with Gasteiger partial charge in [-0.25, -0.2) is 9.78 Å². The van der Waals surface area contributed by atoms with Crippen molar-refractivity contribution in [3.8, 4) is 0 Å². The highest BCUT2D eigenvalue weighted by atomic mass is 16.5. The number of rotatable bonds is 3. The number of fused-ring (bicyclic) bond motifs is 1. The highest BCUT2D eigenvalue weighted by Crippen LogP contribution is 2.21. The quantitative estimate of drug-likeness (QED) is 0.876. The summed E-state index contributed by atoms with van der Waals surface area (Å²) >= 11 is 0. The summed E-state index contributed by atoms with van der Waals surface area (Å²) in [6.07, 6.45) is 1.82. The highest BCUT2D eigenvalue weighted by Gasteiger charge is 2.42. The second-order valence-electron chi connectivity index (χ2n) is 5.20. The van der Waals surface area contributed by atoms with Gasteiger partial charge in [-0.05, 0) is 12.1 Å². The van der Waals surface area contributed by atoms with Gasteiger partial charge in [0, 0.05) is 26.1 Å². The van der Waals surface area contributed by atoms with Gasteiger partial charge in [-0.15, -0.1) is 0 Å². The molecule has 1 amide bonds. The van der Waals surface area contributed by atoms with Gasteiger partial charge >= 0.3 is 5.97 Å². The predicted octanol–water partition coefficient (Wildman–Crippen LogP) is 0.993. The molecule has 0 aliphatic carbocycles. The van der Waals surface area contributed by atoms with E-state index in [9.17, 15) is 14.7 Å². The largest absolute Gasteiger partial charge is 0.480 e. The fourth-order valence-corrected chi connectivity index (χ4v) is 2.46. The SMILES string of the molecule is O=C(NC1(C(=O)O)CCOCC1)c1cnc2ccccc2n1. The molecule has 114 valence electrons. The van der Waals surface area contributed by atoms with Crippen molar-refractivity contribution in [2.75, 3.05) is 13.2 Å². The van der Waals surface area contributed by atoms with Crippen LogP contribution in [0.25, 0.3) is 11.0 Å². The Kier molecular flexibility index (Phi) is 3.72. The number of benzene rings is 1. The molecule has 3 rings (SSSR count). The van der Waals surface area contributed by atoms with Gasteiger partial charge < -0.3 is 15.2 Å². The fourth-order valence-electron chi connectivity index (χ4n) is 2.46. The maximum absolute atomic E-state index is 12.3. The third-order valence-corrected chi connectivity index (χ3v) is 3.79. The minimum atomic E-state index is -1.30. The number of hydrogen-bond acceptors (Lipinski definition) is 5. The fraction of sp³-hybridized carbons (Fsp3) is 0.333. The first-order valence-electron chi connectivity index (χ1n) is 6.96. The number of carboxylic acids is 1. The predicted molar refractivity (Wildman–Crippen MR) is 77.4 cm³/mol. The molecule has 22 heavy (non-hydrogen) atoms. The number of carbonyl (C=O) groups excluding carboxylic acids is 1. The van der Waals surface area contributed by atoms with Gasteiger partial charge in [-0.2, -0.15) is 0 Å². The molecule has 0 radical (unpaired) electrons. The van der Waals surface area contributed by atoms with E-state index in [1.54, 1.807) is 18.2 Å². The van der Waals surface area contributed by atoms with Gasteiger partial charge in [0.15, 0.2) is 0 Å². The third-order valence-electron chi connectivity index (χ3n) is 3.79. The van der Waals surface area contributed by atoms with Gasteiger partial charge in [0.05, 0.1) is 17.2 Å². The van der Waals surface area contributed by atoms with Crippen LogP contribution in [0.5, 0.6) is 0 Å². The zero-order valence-electron chi connectivity index (χ0n) is 11.8. The molecule has 2 aromatic rings. The van der Waals surface area contributed by atoms with Crippen LogP contribution in [0.1, 0.15) is 23.3 Å². The minimum absolute atomic E-state index is 0.103. The van der Waals surface area contributed by atoms with Crippen molar-refractivity contribution in [1.29, 1.82) is 0 Å². The average molecular weight is 301 g/mol. The van der Waals surface area contributed by atoms with E-state index in [0.29, 0.717) is 24.2 Å². The number of aliphatic carboxylic acids is 1. The summed E-state index contributed by atoms with van der Waals surface area (Å²) in [4.78, 5) is 32.3. The van der Waals surface area contributed by atoms with Crippen molar-refractivity contribution >= 4 is 22.9 Å². The summed E-state index contributed by atoms with van der Waals surface area (Å²) in [5, 5.41) is 12.0. The van der Waals surface area contributed by atoms with E-state index >= 15 is 0 Å². The van der Waals surface area contributed by atoms with Crippen LogP contribution in [0.4, 0.5) is 0 Å². The second kappa shape index (κ2) is 5.69. The zero-order valence-corrected chi connectivity index (χ0v) is 11.8. The lowest BCUT2D eigenvalue weighted by Crippen LogP contribution is -2.57. The van der Waals surface area contributed by atoms with E-state index < -0.39 is 17.4 Å². The molecule has 1 aromatic heterocycles. The Labute approximate surface area is 126 Å². The summed E-state index contributed by atoms with van der Waals surface area (Å²) in [7, 11) is 0. The maximum Gasteiger partial charge on any atom is 0.329 e. The van der Waals surface area contributed by atoms with E-state index in [-0.39, 0.29) is 18.5 Å². The zero-order chi connectivity index (χ0) is 15.6. The molecule has 2 heterocycles. The first-order valence-corrected chi connectivity index (χ1v) is 6.96. The number of hydrogen-bond donors (Lipinski definition) is 2. The Morgan fingerprint density at radius 1 is 1.18 bits per heavy atom. The lowest BCUT2D eigenvalue weighted by Gasteiger charge is -2.33. The van der Waals surface area contributed by atoms with E-state index in [1.165, 1.54) is 6.20 Å². The topological polar surface area (TPSA) is 101 Å². The summed E-state index contributed by atoms with van der Waals surface area (Å²) in [6.45, 7) is 0.603. The third kappa shape index (κ3) is 2.62. The maximum atomic E-state index is 12.3. The molecule has 1 fully saturated rings. The minimum Gasteiger partial charge on any atom is -0.480 e. The van der Waals surface area contributed by atoms with Crippen LogP contribution in [0.2, 0.25) is 0 Å². The van der Waals surface area contributed by atoms with Crippen LogP contribution >= 0.6 is 0 Å². The smallest absolute Gasteiger partial charge is 0.329 e. The van der Waals surface area contributed by atoms with Crippen molar-refractivity contribution < 1.29 is 19.4 Å². The van der Waals surface area contributed by atoms with Crippen molar-refractivity contribution in [2.45, 2.75) is 18.4 Å². The molecule has 0 saturated carbocycles. The first kappa shape index (κ1) is 14.4.